The Labute approximate surface area is 216 Å². The molecule has 2 aliphatic rings. The fourth-order valence-electron chi connectivity index (χ4n) is 5.07. The minimum absolute atomic E-state index is 0.136. The maximum Gasteiger partial charge on any atom is 0.497 e. The SMILES string of the molecule is COc1ccc(CN2C(=O)CCC(n3c(=O)n(C)c4c(B5OC(C)(C)C(C)(C)O5)cccc43)C2=O)cc1. The number of carbonyl (C=O) groups excluding carboxylic acids is 2. The maximum absolute atomic E-state index is 13.6. The van der Waals surface area contributed by atoms with Crippen LogP contribution in [0.25, 0.3) is 11.0 Å². The normalized spacial score (nSPS) is 21.2. The Kier molecular flexibility index (Phi) is 6.07. The lowest BCUT2D eigenvalue weighted by Gasteiger charge is -2.32. The van der Waals surface area contributed by atoms with Crippen LogP contribution in [0.15, 0.2) is 47.3 Å². The molecule has 0 spiro atoms. The molecule has 1 atom stereocenters. The molecule has 2 amide bonds. The minimum Gasteiger partial charge on any atom is -0.497 e. The number of methoxy groups -OCH3 is 1. The lowest BCUT2D eigenvalue weighted by atomic mass is 9.78. The van der Waals surface area contributed by atoms with E-state index in [1.54, 1.807) is 26.3 Å². The first-order valence-corrected chi connectivity index (χ1v) is 12.5. The van der Waals surface area contributed by atoms with Crippen LogP contribution in [0.5, 0.6) is 5.75 Å². The second kappa shape index (κ2) is 8.88. The zero-order valence-electron chi connectivity index (χ0n) is 22.1. The van der Waals surface area contributed by atoms with Gasteiger partial charge in [0.2, 0.25) is 5.91 Å². The van der Waals surface area contributed by atoms with Gasteiger partial charge in [-0.05, 0) is 57.9 Å². The molecule has 3 aromatic rings. The van der Waals surface area contributed by atoms with Crippen molar-refractivity contribution in [3.8, 4) is 5.75 Å². The molecule has 37 heavy (non-hydrogen) atoms. The Morgan fingerprint density at radius 3 is 2.27 bits per heavy atom. The highest BCUT2D eigenvalue weighted by Crippen LogP contribution is 2.37. The number of ether oxygens (including phenoxy) is 1. The number of aryl methyl sites for hydroxylation is 1. The smallest absolute Gasteiger partial charge is 0.497 e. The molecule has 9 nitrogen and oxygen atoms in total. The molecule has 1 unspecified atom stereocenters. The van der Waals surface area contributed by atoms with Crippen LogP contribution in [0, 0.1) is 0 Å². The van der Waals surface area contributed by atoms with Gasteiger partial charge in [0.15, 0.2) is 0 Å². The summed E-state index contributed by atoms with van der Waals surface area (Å²) in [6.45, 7) is 8.05. The van der Waals surface area contributed by atoms with Gasteiger partial charge in [0.1, 0.15) is 11.8 Å². The van der Waals surface area contributed by atoms with Crippen LogP contribution in [0.2, 0.25) is 0 Å². The van der Waals surface area contributed by atoms with Crippen molar-refractivity contribution in [1.82, 2.24) is 14.0 Å². The van der Waals surface area contributed by atoms with Crippen LogP contribution in [-0.4, -0.2) is 51.3 Å². The number of fused-ring (bicyclic) bond motifs is 1. The lowest BCUT2D eigenvalue weighted by Crippen LogP contribution is -2.47. The van der Waals surface area contributed by atoms with Crippen molar-refractivity contribution in [2.45, 2.75) is 64.3 Å². The van der Waals surface area contributed by atoms with Gasteiger partial charge < -0.3 is 14.0 Å². The molecule has 2 aliphatic heterocycles. The number of para-hydroxylation sites is 1. The molecule has 0 aliphatic carbocycles. The van der Waals surface area contributed by atoms with Crippen molar-refractivity contribution in [2.24, 2.45) is 7.05 Å². The van der Waals surface area contributed by atoms with Gasteiger partial charge in [-0.1, -0.05) is 24.3 Å². The summed E-state index contributed by atoms with van der Waals surface area (Å²) in [6.07, 6.45) is 0.433. The number of amides is 2. The van der Waals surface area contributed by atoms with Gasteiger partial charge >= 0.3 is 12.8 Å². The van der Waals surface area contributed by atoms with Gasteiger partial charge in [-0.25, -0.2) is 4.79 Å². The van der Waals surface area contributed by atoms with E-state index in [0.29, 0.717) is 16.8 Å². The van der Waals surface area contributed by atoms with E-state index in [1.807, 2.05) is 58.0 Å². The third-order valence-corrected chi connectivity index (χ3v) is 7.94. The Morgan fingerprint density at radius 1 is 1.00 bits per heavy atom. The van der Waals surface area contributed by atoms with Gasteiger partial charge in [0.25, 0.3) is 5.91 Å². The highest BCUT2D eigenvalue weighted by atomic mass is 16.7. The highest BCUT2D eigenvalue weighted by molar-refractivity contribution is 6.65. The Hall–Kier alpha value is -3.37. The quantitative estimate of drug-likeness (QED) is 0.391. The molecule has 2 fully saturated rings. The number of piperidine rings is 1. The number of benzene rings is 2. The van der Waals surface area contributed by atoms with Gasteiger partial charge in [0, 0.05) is 18.9 Å². The topological polar surface area (TPSA) is 92.0 Å². The molecule has 5 rings (SSSR count). The van der Waals surface area contributed by atoms with Crippen LogP contribution in [0.3, 0.4) is 0 Å². The second-order valence-corrected chi connectivity index (χ2v) is 10.7. The minimum atomic E-state index is -0.791. The van der Waals surface area contributed by atoms with Crippen LogP contribution >= 0.6 is 0 Å². The van der Waals surface area contributed by atoms with E-state index in [1.165, 1.54) is 14.0 Å². The molecule has 2 saturated heterocycles. The molecular formula is C27H32BN3O6. The molecule has 0 radical (unpaired) electrons. The summed E-state index contributed by atoms with van der Waals surface area (Å²) in [7, 11) is 2.60. The van der Waals surface area contributed by atoms with E-state index in [0.717, 1.165) is 11.0 Å². The predicted octanol–water partition coefficient (Wildman–Crippen LogP) is 2.54. The van der Waals surface area contributed by atoms with E-state index in [9.17, 15) is 14.4 Å². The third-order valence-electron chi connectivity index (χ3n) is 7.94. The molecule has 10 heteroatoms. The zero-order valence-corrected chi connectivity index (χ0v) is 22.1. The van der Waals surface area contributed by atoms with E-state index >= 15 is 0 Å². The number of likely N-dealkylation sites (tertiary alicyclic amines) is 1. The van der Waals surface area contributed by atoms with E-state index in [-0.39, 0.29) is 36.9 Å². The molecule has 2 aromatic carbocycles. The molecular weight excluding hydrogens is 473 g/mol. The Bertz CT molecular complexity index is 1420. The number of imidazole rings is 1. The summed E-state index contributed by atoms with van der Waals surface area (Å²) < 4.78 is 20.8. The second-order valence-electron chi connectivity index (χ2n) is 10.7. The van der Waals surface area contributed by atoms with Crippen LogP contribution in [-0.2, 0) is 32.5 Å². The summed E-state index contributed by atoms with van der Waals surface area (Å²) in [6, 6.07) is 12.0. The van der Waals surface area contributed by atoms with Gasteiger partial charge in [-0.3, -0.25) is 23.6 Å². The van der Waals surface area contributed by atoms with E-state index < -0.39 is 24.4 Å². The summed E-state index contributed by atoms with van der Waals surface area (Å²) in [5.74, 6) is 0.0593. The fraction of sp³-hybridized carbons (Fsp3) is 0.444. The number of imide groups is 1. The number of rotatable bonds is 5. The largest absolute Gasteiger partial charge is 0.497 e. The van der Waals surface area contributed by atoms with Crippen molar-refractivity contribution in [3.05, 3.63) is 58.5 Å². The monoisotopic (exact) mass is 505 g/mol. The van der Waals surface area contributed by atoms with Crippen molar-refractivity contribution < 1.29 is 23.6 Å². The maximum atomic E-state index is 13.6. The van der Waals surface area contributed by atoms with E-state index in [2.05, 4.69) is 0 Å². The van der Waals surface area contributed by atoms with Gasteiger partial charge in [-0.15, -0.1) is 0 Å². The molecule has 3 heterocycles. The summed E-state index contributed by atoms with van der Waals surface area (Å²) in [5.41, 5.74) is 1.39. The van der Waals surface area contributed by atoms with Crippen molar-refractivity contribution in [2.75, 3.05) is 7.11 Å². The summed E-state index contributed by atoms with van der Waals surface area (Å²) in [4.78, 5) is 41.2. The summed E-state index contributed by atoms with van der Waals surface area (Å²) in [5, 5.41) is 0. The van der Waals surface area contributed by atoms with Crippen LogP contribution < -0.4 is 15.9 Å². The van der Waals surface area contributed by atoms with Gasteiger partial charge in [-0.2, -0.15) is 0 Å². The zero-order chi connectivity index (χ0) is 26.7. The van der Waals surface area contributed by atoms with Crippen LogP contribution in [0.1, 0.15) is 52.1 Å². The first-order chi connectivity index (χ1) is 17.4. The van der Waals surface area contributed by atoms with Crippen molar-refractivity contribution in [3.63, 3.8) is 0 Å². The number of carbonyl (C=O) groups is 2. The predicted molar refractivity (Wildman–Crippen MR) is 140 cm³/mol. The van der Waals surface area contributed by atoms with Crippen LogP contribution in [0.4, 0.5) is 0 Å². The number of aromatic nitrogens is 2. The fourth-order valence-corrected chi connectivity index (χ4v) is 5.07. The Morgan fingerprint density at radius 2 is 1.65 bits per heavy atom. The number of hydrogen-bond acceptors (Lipinski definition) is 6. The molecule has 194 valence electrons. The number of hydrogen-bond donors (Lipinski definition) is 0. The molecule has 0 N–H and O–H groups in total. The average molecular weight is 505 g/mol. The number of nitrogens with zero attached hydrogens (tertiary/aromatic N) is 3. The average Bonchev–Trinajstić information content (AvgIpc) is 3.24. The van der Waals surface area contributed by atoms with E-state index in [4.69, 9.17) is 14.0 Å². The first-order valence-electron chi connectivity index (χ1n) is 12.5. The summed E-state index contributed by atoms with van der Waals surface area (Å²) >= 11 is 0. The molecule has 0 bridgehead atoms. The lowest BCUT2D eigenvalue weighted by molar-refractivity contribution is -0.151. The van der Waals surface area contributed by atoms with Crippen molar-refractivity contribution >= 4 is 35.4 Å². The molecule has 1 aromatic heterocycles. The first kappa shape index (κ1) is 25.3. The Balaban J connectivity index is 1.52. The highest BCUT2D eigenvalue weighted by Gasteiger charge is 2.52. The third kappa shape index (κ3) is 4.08. The standard InChI is InChI=1S/C27H32BN3O6/c1-26(2)27(3,4)37-28(36-26)19-8-7-9-20-23(19)29(5)25(34)31(20)21-14-15-22(32)30(24(21)33)16-17-10-12-18(35-6)13-11-17/h7-13,21H,14-16H2,1-6H3. The van der Waals surface area contributed by atoms with Gasteiger partial charge in [0.05, 0.1) is 35.9 Å². The van der Waals surface area contributed by atoms with Crippen molar-refractivity contribution in [1.29, 1.82) is 0 Å². The molecule has 0 saturated carbocycles.